The van der Waals surface area contributed by atoms with Crippen molar-refractivity contribution in [2.45, 2.75) is 6.54 Å². The molecule has 0 fully saturated rings. The Hall–Kier alpha value is -1.83. The first-order valence-electron chi connectivity index (χ1n) is 6.19. The lowest BCUT2D eigenvalue weighted by Gasteiger charge is -2.18. The van der Waals surface area contributed by atoms with Gasteiger partial charge in [-0.2, -0.15) is 0 Å². The summed E-state index contributed by atoms with van der Waals surface area (Å²) in [6, 6.07) is 7.99. The normalized spacial score (nSPS) is 9.95. The van der Waals surface area contributed by atoms with Crippen LogP contribution in [-0.2, 0) is 11.3 Å². The fourth-order valence-corrected chi connectivity index (χ4v) is 1.59. The number of rotatable bonds is 4. The standard InChI is InChI=1S/C15H21N3O/c1-17(2)15(19)12-18(3)11-14-8-6-13(7-9-14)5-4-10-16/h6-9H,10-12,16H2,1-3H3. The number of hydrogen-bond donors (Lipinski definition) is 1. The van der Waals surface area contributed by atoms with Crippen molar-refractivity contribution >= 4 is 5.91 Å². The van der Waals surface area contributed by atoms with Crippen LogP contribution in [-0.4, -0.2) is 49.9 Å². The molecule has 0 radical (unpaired) electrons. The average molecular weight is 259 g/mol. The topological polar surface area (TPSA) is 49.6 Å². The second-order valence-electron chi connectivity index (χ2n) is 4.66. The number of likely N-dealkylation sites (N-methyl/N-ethyl adjacent to an activating group) is 2. The molecule has 4 heteroatoms. The Bertz CT molecular complexity index is 468. The first-order chi connectivity index (χ1) is 9.02. The third-order valence-electron chi connectivity index (χ3n) is 2.65. The monoisotopic (exact) mass is 259 g/mol. The molecule has 0 aromatic heterocycles. The summed E-state index contributed by atoms with van der Waals surface area (Å²) in [5.74, 6) is 5.91. The number of hydrogen-bond acceptors (Lipinski definition) is 3. The van der Waals surface area contributed by atoms with Crippen LogP contribution in [0.1, 0.15) is 11.1 Å². The fourth-order valence-electron chi connectivity index (χ4n) is 1.59. The SMILES string of the molecule is CN(CC(=O)N(C)C)Cc1ccc(C#CCN)cc1. The summed E-state index contributed by atoms with van der Waals surface area (Å²) in [4.78, 5) is 15.2. The number of carbonyl (C=O) groups is 1. The van der Waals surface area contributed by atoms with Crippen molar-refractivity contribution in [3.05, 3.63) is 35.4 Å². The molecule has 0 aliphatic rings. The largest absolute Gasteiger partial charge is 0.348 e. The molecular weight excluding hydrogens is 238 g/mol. The maximum atomic E-state index is 11.6. The molecule has 4 nitrogen and oxygen atoms in total. The number of amides is 1. The molecule has 0 heterocycles. The molecule has 1 aromatic carbocycles. The number of nitrogens with zero attached hydrogens (tertiary/aromatic N) is 2. The van der Waals surface area contributed by atoms with Gasteiger partial charge in [0.2, 0.25) is 5.91 Å². The van der Waals surface area contributed by atoms with Crippen LogP contribution in [0.15, 0.2) is 24.3 Å². The number of nitrogens with two attached hydrogens (primary N) is 1. The van der Waals surface area contributed by atoms with E-state index in [1.54, 1.807) is 19.0 Å². The van der Waals surface area contributed by atoms with E-state index in [9.17, 15) is 4.79 Å². The molecule has 102 valence electrons. The summed E-state index contributed by atoms with van der Waals surface area (Å²) >= 11 is 0. The van der Waals surface area contributed by atoms with Gasteiger partial charge in [-0.3, -0.25) is 9.69 Å². The predicted molar refractivity (Wildman–Crippen MR) is 77.4 cm³/mol. The number of benzene rings is 1. The summed E-state index contributed by atoms with van der Waals surface area (Å²) in [6.07, 6.45) is 0. The Balaban J connectivity index is 2.55. The molecule has 0 bridgehead atoms. The van der Waals surface area contributed by atoms with E-state index >= 15 is 0 Å². The van der Waals surface area contributed by atoms with Gasteiger partial charge in [0.1, 0.15) is 0 Å². The van der Waals surface area contributed by atoms with Crippen molar-refractivity contribution in [2.75, 3.05) is 34.2 Å². The predicted octanol–water partition coefficient (Wildman–Crippen LogP) is 0.517. The maximum absolute atomic E-state index is 11.6. The second kappa shape index (κ2) is 7.57. The van der Waals surface area contributed by atoms with Crippen molar-refractivity contribution in [1.29, 1.82) is 0 Å². The van der Waals surface area contributed by atoms with Gasteiger partial charge in [-0.15, -0.1) is 0 Å². The lowest BCUT2D eigenvalue weighted by Crippen LogP contribution is -2.34. The molecule has 0 unspecified atom stereocenters. The van der Waals surface area contributed by atoms with E-state index in [0.717, 1.165) is 17.7 Å². The summed E-state index contributed by atoms with van der Waals surface area (Å²) in [5, 5.41) is 0. The lowest BCUT2D eigenvalue weighted by atomic mass is 10.1. The molecule has 1 aromatic rings. The van der Waals surface area contributed by atoms with Gasteiger partial charge in [0, 0.05) is 26.2 Å². The van der Waals surface area contributed by atoms with E-state index < -0.39 is 0 Å². The second-order valence-corrected chi connectivity index (χ2v) is 4.66. The minimum absolute atomic E-state index is 0.105. The van der Waals surface area contributed by atoms with Gasteiger partial charge in [-0.1, -0.05) is 24.0 Å². The third-order valence-corrected chi connectivity index (χ3v) is 2.65. The van der Waals surface area contributed by atoms with Gasteiger partial charge in [0.05, 0.1) is 13.1 Å². The summed E-state index contributed by atoms with van der Waals surface area (Å²) in [6.45, 7) is 1.53. The molecule has 0 spiro atoms. The van der Waals surface area contributed by atoms with E-state index in [2.05, 4.69) is 11.8 Å². The van der Waals surface area contributed by atoms with E-state index in [1.807, 2.05) is 36.2 Å². The Morgan fingerprint density at radius 1 is 1.21 bits per heavy atom. The smallest absolute Gasteiger partial charge is 0.236 e. The molecule has 0 saturated carbocycles. The Kier molecular flexibility index (Phi) is 6.07. The van der Waals surface area contributed by atoms with Crippen LogP contribution in [0.2, 0.25) is 0 Å². The van der Waals surface area contributed by atoms with Crippen molar-refractivity contribution in [1.82, 2.24) is 9.80 Å². The molecule has 0 aliphatic carbocycles. The molecule has 19 heavy (non-hydrogen) atoms. The van der Waals surface area contributed by atoms with Gasteiger partial charge in [-0.05, 0) is 24.7 Å². The molecule has 0 atom stereocenters. The van der Waals surface area contributed by atoms with E-state index in [4.69, 9.17) is 5.73 Å². The zero-order chi connectivity index (χ0) is 14.3. The van der Waals surface area contributed by atoms with Crippen molar-refractivity contribution < 1.29 is 4.79 Å². The van der Waals surface area contributed by atoms with Gasteiger partial charge >= 0.3 is 0 Å². The quantitative estimate of drug-likeness (QED) is 0.802. The lowest BCUT2D eigenvalue weighted by molar-refractivity contribution is -0.129. The zero-order valence-electron chi connectivity index (χ0n) is 11.8. The first kappa shape index (κ1) is 15.2. The van der Waals surface area contributed by atoms with E-state index in [1.165, 1.54) is 0 Å². The minimum Gasteiger partial charge on any atom is -0.348 e. The Morgan fingerprint density at radius 2 is 1.84 bits per heavy atom. The highest BCUT2D eigenvalue weighted by Crippen LogP contribution is 2.06. The molecular formula is C15H21N3O. The van der Waals surface area contributed by atoms with Crippen molar-refractivity contribution in [3.8, 4) is 11.8 Å². The van der Waals surface area contributed by atoms with Gasteiger partial charge in [0.15, 0.2) is 0 Å². The van der Waals surface area contributed by atoms with Crippen LogP contribution < -0.4 is 5.73 Å². The van der Waals surface area contributed by atoms with E-state index in [0.29, 0.717) is 13.1 Å². The van der Waals surface area contributed by atoms with E-state index in [-0.39, 0.29) is 5.91 Å². The molecule has 2 N–H and O–H groups in total. The summed E-state index contributed by atoms with van der Waals surface area (Å²) in [5.41, 5.74) is 7.45. The fraction of sp³-hybridized carbons (Fsp3) is 0.400. The highest BCUT2D eigenvalue weighted by atomic mass is 16.2. The van der Waals surface area contributed by atoms with Gasteiger partial charge < -0.3 is 10.6 Å². The Morgan fingerprint density at radius 3 is 2.37 bits per heavy atom. The van der Waals surface area contributed by atoms with Crippen LogP contribution in [0, 0.1) is 11.8 Å². The Labute approximate surface area is 115 Å². The van der Waals surface area contributed by atoms with Crippen molar-refractivity contribution in [3.63, 3.8) is 0 Å². The third kappa shape index (κ3) is 5.56. The van der Waals surface area contributed by atoms with Crippen LogP contribution in [0.4, 0.5) is 0 Å². The zero-order valence-corrected chi connectivity index (χ0v) is 11.8. The van der Waals surface area contributed by atoms with Crippen molar-refractivity contribution in [2.24, 2.45) is 5.73 Å². The van der Waals surface area contributed by atoms with Gasteiger partial charge in [0.25, 0.3) is 0 Å². The highest BCUT2D eigenvalue weighted by Gasteiger charge is 2.08. The summed E-state index contributed by atoms with van der Waals surface area (Å²) in [7, 11) is 5.46. The van der Waals surface area contributed by atoms with Crippen LogP contribution in [0.5, 0.6) is 0 Å². The molecule has 0 aliphatic heterocycles. The van der Waals surface area contributed by atoms with Crippen LogP contribution in [0.3, 0.4) is 0 Å². The van der Waals surface area contributed by atoms with Crippen LogP contribution in [0.25, 0.3) is 0 Å². The highest BCUT2D eigenvalue weighted by molar-refractivity contribution is 5.77. The summed E-state index contributed by atoms with van der Waals surface area (Å²) < 4.78 is 0. The number of carbonyl (C=O) groups excluding carboxylic acids is 1. The molecule has 1 rings (SSSR count). The molecule has 1 amide bonds. The molecule has 0 saturated heterocycles. The minimum atomic E-state index is 0.105. The van der Waals surface area contributed by atoms with Gasteiger partial charge in [-0.25, -0.2) is 0 Å². The maximum Gasteiger partial charge on any atom is 0.236 e. The average Bonchev–Trinajstić information content (AvgIpc) is 2.37. The van der Waals surface area contributed by atoms with Crippen LogP contribution >= 0.6 is 0 Å². The first-order valence-corrected chi connectivity index (χ1v) is 6.19.